The highest BCUT2D eigenvalue weighted by molar-refractivity contribution is 9.11. The minimum Gasteiger partial charge on any atom is -0.161 e. The molecule has 0 aliphatic carbocycles. The van der Waals surface area contributed by atoms with Crippen LogP contribution in [0.5, 0.6) is 0 Å². The summed E-state index contributed by atoms with van der Waals surface area (Å²) in [4.78, 5) is 0. The number of nitrogens with zero attached hydrogens (tertiary/aromatic N) is 2. The molecular formula is C8H11BrN2S2. The molecule has 0 amide bonds. The van der Waals surface area contributed by atoms with Gasteiger partial charge in [-0.3, -0.25) is 0 Å². The van der Waals surface area contributed by atoms with Crippen molar-refractivity contribution >= 4 is 39.0 Å². The summed E-state index contributed by atoms with van der Waals surface area (Å²) >= 11 is 7.06. The molecule has 1 saturated heterocycles. The molecule has 0 bridgehead atoms. The molecule has 2 nitrogen and oxygen atoms in total. The van der Waals surface area contributed by atoms with Crippen LogP contribution in [-0.4, -0.2) is 21.7 Å². The Kier molecular flexibility index (Phi) is 2.95. The molecule has 2 heterocycles. The van der Waals surface area contributed by atoms with E-state index in [1.54, 1.807) is 11.3 Å². The summed E-state index contributed by atoms with van der Waals surface area (Å²) in [5.41, 5.74) is 0.270. The van der Waals surface area contributed by atoms with Gasteiger partial charge in [0.2, 0.25) is 0 Å². The molecule has 1 fully saturated rings. The van der Waals surface area contributed by atoms with Gasteiger partial charge in [-0.25, -0.2) is 0 Å². The maximum atomic E-state index is 4.22. The van der Waals surface area contributed by atoms with Crippen LogP contribution in [0.2, 0.25) is 0 Å². The van der Waals surface area contributed by atoms with Gasteiger partial charge in [0.15, 0.2) is 3.92 Å². The van der Waals surface area contributed by atoms with E-state index in [1.807, 2.05) is 11.8 Å². The maximum Gasteiger partial charge on any atom is 0.183 e. The lowest BCUT2D eigenvalue weighted by Crippen LogP contribution is -2.28. The maximum absolute atomic E-state index is 4.22. The lowest BCUT2D eigenvalue weighted by molar-refractivity contribution is 0.466. The van der Waals surface area contributed by atoms with Crippen LogP contribution < -0.4 is 0 Å². The molecule has 0 spiro atoms. The second-order valence-electron chi connectivity index (χ2n) is 3.58. The molecule has 0 saturated carbocycles. The summed E-state index contributed by atoms with van der Waals surface area (Å²) in [6.45, 7) is 2.30. The highest BCUT2D eigenvalue weighted by atomic mass is 79.9. The fourth-order valence-corrected chi connectivity index (χ4v) is 4.15. The monoisotopic (exact) mass is 278 g/mol. The fourth-order valence-electron chi connectivity index (χ4n) is 1.55. The third-order valence-corrected chi connectivity index (χ3v) is 5.44. The average molecular weight is 279 g/mol. The molecule has 13 heavy (non-hydrogen) atoms. The Balaban J connectivity index is 2.22. The van der Waals surface area contributed by atoms with Gasteiger partial charge in [0, 0.05) is 11.2 Å². The Morgan fingerprint density at radius 1 is 1.46 bits per heavy atom. The Labute approximate surface area is 94.7 Å². The second kappa shape index (κ2) is 3.87. The number of hydrogen-bond donors (Lipinski definition) is 0. The Bertz CT molecular complexity index is 294. The van der Waals surface area contributed by atoms with Crippen LogP contribution in [-0.2, 0) is 5.41 Å². The predicted octanol–water partition coefficient (Wildman–Crippen LogP) is 3.09. The summed E-state index contributed by atoms with van der Waals surface area (Å²) in [5, 5.41) is 9.42. The molecule has 1 aliphatic rings. The molecule has 0 N–H and O–H groups in total. The number of hydrogen-bond acceptors (Lipinski definition) is 4. The third-order valence-electron chi connectivity index (χ3n) is 2.35. The summed E-state index contributed by atoms with van der Waals surface area (Å²) in [5.74, 6) is 2.49. The fraction of sp³-hybridized carbons (Fsp3) is 0.750. The first kappa shape index (κ1) is 9.93. The summed E-state index contributed by atoms with van der Waals surface area (Å²) in [7, 11) is 0. The molecule has 72 valence electrons. The van der Waals surface area contributed by atoms with E-state index in [0.29, 0.717) is 0 Å². The summed E-state index contributed by atoms with van der Waals surface area (Å²) < 4.78 is 0.902. The molecule has 0 radical (unpaired) electrons. The van der Waals surface area contributed by atoms with Crippen LogP contribution >= 0.6 is 39.0 Å². The van der Waals surface area contributed by atoms with Crippen molar-refractivity contribution in [3.8, 4) is 0 Å². The lowest BCUT2D eigenvalue weighted by Gasteiger charge is -2.30. The number of aromatic nitrogens is 2. The van der Waals surface area contributed by atoms with Crippen LogP contribution in [0.25, 0.3) is 0 Å². The van der Waals surface area contributed by atoms with Crippen molar-refractivity contribution in [1.82, 2.24) is 10.2 Å². The van der Waals surface area contributed by atoms with Gasteiger partial charge in [-0.1, -0.05) is 18.3 Å². The highest BCUT2D eigenvalue weighted by Crippen LogP contribution is 2.39. The van der Waals surface area contributed by atoms with E-state index in [1.165, 1.54) is 29.4 Å². The molecular weight excluding hydrogens is 268 g/mol. The van der Waals surface area contributed by atoms with Crippen LogP contribution in [0, 0.1) is 0 Å². The SMILES string of the molecule is CC1(c2nnc(Br)s2)CCCSC1. The molecule has 5 heteroatoms. The van der Waals surface area contributed by atoms with Gasteiger partial charge >= 0.3 is 0 Å². The van der Waals surface area contributed by atoms with E-state index in [2.05, 4.69) is 33.1 Å². The summed E-state index contributed by atoms with van der Waals surface area (Å²) in [6, 6.07) is 0. The Morgan fingerprint density at radius 3 is 2.85 bits per heavy atom. The first-order valence-electron chi connectivity index (χ1n) is 4.28. The van der Waals surface area contributed by atoms with Crippen molar-refractivity contribution in [3.63, 3.8) is 0 Å². The van der Waals surface area contributed by atoms with Gasteiger partial charge in [-0.15, -0.1) is 10.2 Å². The van der Waals surface area contributed by atoms with E-state index in [4.69, 9.17) is 0 Å². The number of thioether (sulfide) groups is 1. The zero-order chi connectivity index (χ0) is 9.31. The Morgan fingerprint density at radius 2 is 2.31 bits per heavy atom. The molecule has 1 atom stereocenters. The van der Waals surface area contributed by atoms with Crippen LogP contribution in [0.4, 0.5) is 0 Å². The minimum atomic E-state index is 0.270. The van der Waals surface area contributed by atoms with Crippen molar-refractivity contribution in [3.05, 3.63) is 8.92 Å². The van der Waals surface area contributed by atoms with Gasteiger partial charge in [-0.05, 0) is 34.5 Å². The highest BCUT2D eigenvalue weighted by Gasteiger charge is 2.32. The van der Waals surface area contributed by atoms with Crippen molar-refractivity contribution < 1.29 is 0 Å². The largest absolute Gasteiger partial charge is 0.183 e. The molecule has 1 aromatic heterocycles. The third kappa shape index (κ3) is 2.07. The van der Waals surface area contributed by atoms with E-state index in [-0.39, 0.29) is 5.41 Å². The van der Waals surface area contributed by atoms with Gasteiger partial charge in [0.1, 0.15) is 5.01 Å². The first-order valence-corrected chi connectivity index (χ1v) is 7.04. The van der Waals surface area contributed by atoms with Crippen molar-refractivity contribution in [1.29, 1.82) is 0 Å². The number of rotatable bonds is 1. The Hall–Kier alpha value is 0.390. The quantitative estimate of drug-likeness (QED) is 0.790. The minimum absolute atomic E-state index is 0.270. The van der Waals surface area contributed by atoms with Crippen molar-refractivity contribution in [2.24, 2.45) is 0 Å². The van der Waals surface area contributed by atoms with E-state index in [0.717, 1.165) is 3.92 Å². The van der Waals surface area contributed by atoms with Gasteiger partial charge in [0.05, 0.1) is 0 Å². The van der Waals surface area contributed by atoms with Crippen molar-refractivity contribution in [2.45, 2.75) is 25.2 Å². The smallest absolute Gasteiger partial charge is 0.161 e. The normalized spacial score (nSPS) is 29.1. The summed E-state index contributed by atoms with van der Waals surface area (Å²) in [6.07, 6.45) is 2.56. The first-order chi connectivity index (χ1) is 6.21. The lowest BCUT2D eigenvalue weighted by atomic mass is 9.88. The van der Waals surface area contributed by atoms with Gasteiger partial charge in [-0.2, -0.15) is 11.8 Å². The molecule has 1 unspecified atom stereocenters. The molecule has 1 aromatic rings. The topological polar surface area (TPSA) is 25.8 Å². The van der Waals surface area contributed by atoms with E-state index < -0.39 is 0 Å². The zero-order valence-electron chi connectivity index (χ0n) is 7.42. The van der Waals surface area contributed by atoms with Crippen LogP contribution in [0.3, 0.4) is 0 Å². The van der Waals surface area contributed by atoms with E-state index >= 15 is 0 Å². The van der Waals surface area contributed by atoms with Gasteiger partial charge < -0.3 is 0 Å². The zero-order valence-corrected chi connectivity index (χ0v) is 10.6. The van der Waals surface area contributed by atoms with Crippen LogP contribution in [0.1, 0.15) is 24.8 Å². The van der Waals surface area contributed by atoms with Crippen LogP contribution in [0.15, 0.2) is 3.92 Å². The molecule has 0 aromatic carbocycles. The van der Waals surface area contributed by atoms with Gasteiger partial charge in [0.25, 0.3) is 0 Å². The average Bonchev–Trinajstić information content (AvgIpc) is 2.54. The van der Waals surface area contributed by atoms with Crippen molar-refractivity contribution in [2.75, 3.05) is 11.5 Å². The molecule has 2 rings (SSSR count). The second-order valence-corrected chi connectivity index (χ2v) is 6.94. The molecule has 1 aliphatic heterocycles. The predicted molar refractivity (Wildman–Crippen MR) is 61.5 cm³/mol. The number of halogens is 1. The van der Waals surface area contributed by atoms with E-state index in [9.17, 15) is 0 Å². The standard InChI is InChI=1S/C8H11BrN2S2/c1-8(3-2-4-12-5-8)6-10-11-7(9)13-6/h2-5H2,1H3.